The number of anilines is 1. The lowest BCUT2D eigenvalue weighted by atomic mass is 10.1. The monoisotopic (exact) mass is 476 g/mol. The van der Waals surface area contributed by atoms with E-state index < -0.39 is 6.10 Å². The van der Waals surface area contributed by atoms with E-state index in [1.165, 1.54) is 9.47 Å². The number of carbonyl (C=O) groups excluding carboxylic acids is 3. The van der Waals surface area contributed by atoms with Gasteiger partial charge in [-0.2, -0.15) is 0 Å². The molecule has 5 rings (SSSR count). The maximum absolute atomic E-state index is 13.1. The molecule has 9 heteroatoms. The van der Waals surface area contributed by atoms with E-state index in [0.29, 0.717) is 53.2 Å². The molecule has 182 valence electrons. The van der Waals surface area contributed by atoms with Gasteiger partial charge in [-0.3, -0.25) is 19.4 Å². The quantitative estimate of drug-likeness (QED) is 0.501. The van der Waals surface area contributed by atoms with Crippen LogP contribution in [0, 0.1) is 5.92 Å². The lowest BCUT2D eigenvalue weighted by Gasteiger charge is -2.17. The maximum Gasteiger partial charge on any atom is 0.268 e. The van der Waals surface area contributed by atoms with Crippen molar-refractivity contribution in [3.8, 4) is 11.6 Å². The molecule has 1 saturated carbocycles. The Morgan fingerprint density at radius 3 is 2.60 bits per heavy atom. The Labute approximate surface area is 202 Å². The van der Waals surface area contributed by atoms with Crippen molar-refractivity contribution >= 4 is 34.2 Å². The highest BCUT2D eigenvalue weighted by atomic mass is 16.5. The summed E-state index contributed by atoms with van der Waals surface area (Å²) in [5.74, 6) is 0.809. The fourth-order valence-electron chi connectivity index (χ4n) is 4.27. The van der Waals surface area contributed by atoms with Crippen molar-refractivity contribution in [2.24, 2.45) is 5.92 Å². The number of fused-ring (bicyclic) bond motifs is 1. The second kappa shape index (κ2) is 9.05. The largest absolute Gasteiger partial charge is 0.494 e. The van der Waals surface area contributed by atoms with Crippen LogP contribution >= 0.6 is 0 Å². The first-order valence-corrected chi connectivity index (χ1v) is 11.8. The van der Waals surface area contributed by atoms with Crippen LogP contribution in [0.5, 0.6) is 11.6 Å². The molecule has 1 unspecified atom stereocenters. The minimum Gasteiger partial charge on any atom is -0.494 e. The van der Waals surface area contributed by atoms with Crippen molar-refractivity contribution < 1.29 is 24.2 Å². The topological polar surface area (TPSA) is 105 Å². The lowest BCUT2D eigenvalue weighted by Crippen LogP contribution is -2.32. The number of carbonyl (C=O) groups is 3. The molecule has 1 aliphatic carbocycles. The number of Topliss-reactive ketones (excluding diaryl/α,β-unsaturated/α-hetero) is 1. The number of hydrogen-bond donors (Lipinski definition) is 1. The average Bonchev–Trinajstić information content (AvgIpc) is 3.52. The Kier molecular flexibility index (Phi) is 5.92. The van der Waals surface area contributed by atoms with E-state index in [4.69, 9.17) is 4.74 Å². The SMILES string of the molecule is CN(C)C(=O)Cn1cc2ncc(N3CCC(Oc4ccc(C(=O)CC5CC5)cc4)C3=O)cc2c1O. The minimum absolute atomic E-state index is 0.00590. The van der Waals surface area contributed by atoms with E-state index in [2.05, 4.69) is 4.98 Å². The van der Waals surface area contributed by atoms with E-state index in [0.717, 1.165) is 12.8 Å². The zero-order valence-electron chi connectivity index (χ0n) is 19.8. The highest BCUT2D eigenvalue weighted by molar-refractivity contribution is 6.01. The Bertz CT molecular complexity index is 1290. The summed E-state index contributed by atoms with van der Waals surface area (Å²) in [5, 5.41) is 11.1. The van der Waals surface area contributed by atoms with Crippen LogP contribution in [0.2, 0.25) is 0 Å². The molecule has 1 N–H and O–H groups in total. The molecule has 35 heavy (non-hydrogen) atoms. The van der Waals surface area contributed by atoms with E-state index in [1.807, 2.05) is 0 Å². The molecule has 0 bridgehead atoms. The van der Waals surface area contributed by atoms with Crippen LogP contribution in [-0.4, -0.2) is 63.9 Å². The first kappa shape index (κ1) is 22.9. The molecular formula is C26H28N4O5. The van der Waals surface area contributed by atoms with E-state index in [1.54, 1.807) is 61.7 Å². The summed E-state index contributed by atoms with van der Waals surface area (Å²) < 4.78 is 7.38. The Balaban J connectivity index is 1.27. The molecule has 3 heterocycles. The van der Waals surface area contributed by atoms with Crippen LogP contribution in [0.25, 0.3) is 10.9 Å². The fraction of sp³-hybridized carbons (Fsp3) is 0.385. The first-order chi connectivity index (χ1) is 16.8. The Morgan fingerprint density at radius 2 is 1.91 bits per heavy atom. The van der Waals surface area contributed by atoms with Gasteiger partial charge in [-0.15, -0.1) is 0 Å². The number of nitrogens with zero attached hydrogens (tertiary/aromatic N) is 4. The van der Waals surface area contributed by atoms with Gasteiger partial charge < -0.3 is 24.2 Å². The van der Waals surface area contributed by atoms with Gasteiger partial charge in [-0.25, -0.2) is 0 Å². The van der Waals surface area contributed by atoms with Gasteiger partial charge in [0.15, 0.2) is 11.9 Å². The van der Waals surface area contributed by atoms with Gasteiger partial charge in [0.25, 0.3) is 5.91 Å². The second-order valence-electron chi connectivity index (χ2n) is 9.48. The summed E-state index contributed by atoms with van der Waals surface area (Å²) in [6.45, 7) is 0.448. The zero-order chi connectivity index (χ0) is 24.7. The Morgan fingerprint density at radius 1 is 1.17 bits per heavy atom. The van der Waals surface area contributed by atoms with Crippen molar-refractivity contribution in [3.05, 3.63) is 48.3 Å². The highest BCUT2D eigenvalue weighted by Gasteiger charge is 2.35. The van der Waals surface area contributed by atoms with Gasteiger partial charge in [0.05, 0.1) is 22.8 Å². The number of benzene rings is 1. The zero-order valence-corrected chi connectivity index (χ0v) is 19.8. The predicted molar refractivity (Wildman–Crippen MR) is 130 cm³/mol. The molecule has 0 radical (unpaired) electrons. The van der Waals surface area contributed by atoms with Gasteiger partial charge in [0, 0.05) is 45.2 Å². The number of likely N-dealkylation sites (N-methyl/N-ethyl adjacent to an activating group) is 1. The molecule has 2 aliphatic rings. The highest BCUT2D eigenvalue weighted by Crippen LogP contribution is 2.34. The van der Waals surface area contributed by atoms with Crippen molar-refractivity contribution in [2.45, 2.75) is 38.3 Å². The fourth-order valence-corrected chi connectivity index (χ4v) is 4.27. The smallest absolute Gasteiger partial charge is 0.268 e. The number of hydrogen-bond acceptors (Lipinski definition) is 6. The summed E-state index contributed by atoms with van der Waals surface area (Å²) in [5.41, 5.74) is 1.76. The third-order valence-electron chi connectivity index (χ3n) is 6.59. The number of amides is 2. The number of ketones is 1. The molecule has 0 spiro atoms. The summed E-state index contributed by atoms with van der Waals surface area (Å²) >= 11 is 0. The van der Waals surface area contributed by atoms with Crippen molar-refractivity contribution in [3.63, 3.8) is 0 Å². The number of aromatic hydroxyl groups is 1. The molecule has 1 atom stereocenters. The summed E-state index contributed by atoms with van der Waals surface area (Å²) in [7, 11) is 3.30. The van der Waals surface area contributed by atoms with Crippen LogP contribution in [0.3, 0.4) is 0 Å². The molecule has 2 aromatic heterocycles. The van der Waals surface area contributed by atoms with Crippen LogP contribution < -0.4 is 9.64 Å². The van der Waals surface area contributed by atoms with Crippen molar-refractivity contribution in [2.75, 3.05) is 25.5 Å². The molecule has 3 aromatic rings. The lowest BCUT2D eigenvalue weighted by molar-refractivity contribution is -0.129. The standard InChI is InChI=1S/C26H28N4O5/c1-28(2)24(32)15-29-14-21-20(25(29)33)12-18(13-27-21)30-10-9-23(26(30)34)35-19-7-5-17(6-8-19)22(31)11-16-3-4-16/h5-8,12-14,16,23,33H,3-4,9-11,15H2,1-2H3. The molecule has 1 saturated heterocycles. The van der Waals surface area contributed by atoms with E-state index in [9.17, 15) is 19.5 Å². The molecule has 1 aliphatic heterocycles. The molecular weight excluding hydrogens is 448 g/mol. The summed E-state index contributed by atoms with van der Waals surface area (Å²) in [6.07, 6.45) is 5.93. The number of pyridine rings is 1. The predicted octanol–water partition coefficient (Wildman–Crippen LogP) is 3.00. The average molecular weight is 477 g/mol. The van der Waals surface area contributed by atoms with Crippen molar-refractivity contribution in [1.82, 2.24) is 14.5 Å². The van der Waals surface area contributed by atoms with E-state index in [-0.39, 0.29) is 30.0 Å². The first-order valence-electron chi connectivity index (χ1n) is 11.8. The third kappa shape index (κ3) is 4.71. The summed E-state index contributed by atoms with van der Waals surface area (Å²) in [6, 6.07) is 8.68. The van der Waals surface area contributed by atoms with Gasteiger partial charge in [-0.1, -0.05) is 0 Å². The molecule has 9 nitrogen and oxygen atoms in total. The van der Waals surface area contributed by atoms with Crippen molar-refractivity contribution in [1.29, 1.82) is 0 Å². The van der Waals surface area contributed by atoms with Gasteiger partial charge in [0.1, 0.15) is 12.3 Å². The maximum atomic E-state index is 13.1. The minimum atomic E-state index is -0.644. The normalized spacial score (nSPS) is 17.7. The third-order valence-corrected chi connectivity index (χ3v) is 6.59. The molecule has 2 amide bonds. The molecule has 2 fully saturated rings. The number of aromatic nitrogens is 2. The number of rotatable bonds is 8. The van der Waals surface area contributed by atoms with Crippen LogP contribution in [0.4, 0.5) is 5.69 Å². The van der Waals surface area contributed by atoms with Gasteiger partial charge in [-0.05, 0) is 49.1 Å². The van der Waals surface area contributed by atoms with Crippen LogP contribution in [-0.2, 0) is 16.1 Å². The summed E-state index contributed by atoms with van der Waals surface area (Å²) in [4.78, 5) is 44.8. The van der Waals surface area contributed by atoms with Gasteiger partial charge >= 0.3 is 0 Å². The Hall–Kier alpha value is -3.88. The van der Waals surface area contributed by atoms with Gasteiger partial charge in [0.2, 0.25) is 11.8 Å². The van der Waals surface area contributed by atoms with E-state index >= 15 is 0 Å². The van der Waals surface area contributed by atoms with Crippen LogP contribution in [0.15, 0.2) is 42.7 Å². The second-order valence-corrected chi connectivity index (χ2v) is 9.48. The van der Waals surface area contributed by atoms with Crippen LogP contribution in [0.1, 0.15) is 36.0 Å². The number of ether oxygens (including phenoxy) is 1. The molecule has 1 aromatic carbocycles.